The molecular weight excluding hydrogens is 392 g/mol. The van der Waals surface area contributed by atoms with Crippen molar-refractivity contribution < 1.29 is 24.1 Å². The second kappa shape index (κ2) is 11.0. The lowest BCUT2D eigenvalue weighted by Crippen LogP contribution is -2.12. The first kappa shape index (κ1) is 22.1. The number of carbonyl (C=O) groups is 1. The molecule has 0 radical (unpaired) electrons. The van der Waals surface area contributed by atoms with Crippen molar-refractivity contribution in [2.75, 3.05) is 26.4 Å². The van der Waals surface area contributed by atoms with Gasteiger partial charge in [0.05, 0.1) is 6.61 Å². The minimum Gasteiger partial charge on any atom is -0.491 e. The summed E-state index contributed by atoms with van der Waals surface area (Å²) in [5.41, 5.74) is 4.35. The number of rotatable bonds is 10. The van der Waals surface area contributed by atoms with Crippen molar-refractivity contribution in [2.45, 2.75) is 6.92 Å². The number of benzene rings is 3. The van der Waals surface area contributed by atoms with Gasteiger partial charge in [0, 0.05) is 11.1 Å². The molecule has 0 heterocycles. The third kappa shape index (κ3) is 6.20. The van der Waals surface area contributed by atoms with Gasteiger partial charge in [-0.15, -0.1) is 0 Å². The zero-order chi connectivity index (χ0) is 22.1. The van der Waals surface area contributed by atoms with E-state index in [0.29, 0.717) is 17.1 Å². The van der Waals surface area contributed by atoms with Crippen LogP contribution in [0.15, 0.2) is 84.9 Å². The van der Waals surface area contributed by atoms with E-state index in [9.17, 15) is 4.79 Å². The number of aliphatic hydroxyl groups is 1. The first-order valence-corrected chi connectivity index (χ1v) is 10.1. The zero-order valence-corrected chi connectivity index (χ0v) is 17.5. The third-order valence-electron chi connectivity index (χ3n) is 4.54. The highest BCUT2D eigenvalue weighted by Gasteiger charge is 2.11. The third-order valence-corrected chi connectivity index (χ3v) is 4.54. The summed E-state index contributed by atoms with van der Waals surface area (Å²) in [5.74, 6) is 0.949. The normalized spacial score (nSPS) is 10.4. The summed E-state index contributed by atoms with van der Waals surface area (Å²) in [4.78, 5) is 11.6. The highest BCUT2D eigenvalue weighted by atomic mass is 16.6. The van der Waals surface area contributed by atoms with E-state index in [-0.39, 0.29) is 26.4 Å². The fraction of sp³-hybridized carbons (Fsp3) is 0.192. The Bertz CT molecular complexity index is 1010. The lowest BCUT2D eigenvalue weighted by Gasteiger charge is -2.15. The summed E-state index contributed by atoms with van der Waals surface area (Å²) in [6, 6.07) is 23.7. The first-order valence-electron chi connectivity index (χ1n) is 10.1. The molecule has 0 aliphatic heterocycles. The molecule has 0 unspecified atom stereocenters. The number of hydrogen-bond donors (Lipinski definition) is 1. The number of carbonyl (C=O) groups excluding carboxylic acids is 1. The van der Waals surface area contributed by atoms with Gasteiger partial charge < -0.3 is 19.3 Å². The maximum Gasteiger partial charge on any atom is 0.333 e. The van der Waals surface area contributed by atoms with Crippen molar-refractivity contribution >= 4 is 5.97 Å². The molecule has 31 heavy (non-hydrogen) atoms. The molecule has 0 atom stereocenters. The Morgan fingerprint density at radius 2 is 1.55 bits per heavy atom. The van der Waals surface area contributed by atoms with E-state index in [1.807, 2.05) is 66.7 Å². The zero-order valence-electron chi connectivity index (χ0n) is 17.5. The highest BCUT2D eigenvalue weighted by molar-refractivity contribution is 5.86. The number of esters is 1. The van der Waals surface area contributed by atoms with Gasteiger partial charge in [-0.3, -0.25) is 0 Å². The Kier molecular flexibility index (Phi) is 7.85. The Morgan fingerprint density at radius 1 is 0.839 bits per heavy atom. The fourth-order valence-corrected chi connectivity index (χ4v) is 2.99. The van der Waals surface area contributed by atoms with Gasteiger partial charge in [-0.1, -0.05) is 61.2 Å². The van der Waals surface area contributed by atoms with E-state index in [1.165, 1.54) is 0 Å². The van der Waals surface area contributed by atoms with Gasteiger partial charge in [0.2, 0.25) is 0 Å². The van der Waals surface area contributed by atoms with Gasteiger partial charge in [0.1, 0.15) is 31.3 Å². The van der Waals surface area contributed by atoms with Crippen LogP contribution in [0.4, 0.5) is 0 Å². The quantitative estimate of drug-likeness (QED) is 0.289. The van der Waals surface area contributed by atoms with Gasteiger partial charge in [-0.2, -0.15) is 0 Å². The molecule has 0 aromatic heterocycles. The van der Waals surface area contributed by atoms with E-state index in [4.69, 9.17) is 19.3 Å². The van der Waals surface area contributed by atoms with Gasteiger partial charge in [0.25, 0.3) is 0 Å². The SMILES string of the molecule is C=C(C)C(=O)OCCOc1cc(-c2ccccc2)ccc1-c1ccc(OCCO)cc1. The van der Waals surface area contributed by atoms with E-state index in [1.54, 1.807) is 6.92 Å². The Morgan fingerprint density at radius 3 is 2.23 bits per heavy atom. The smallest absolute Gasteiger partial charge is 0.333 e. The monoisotopic (exact) mass is 418 g/mol. The van der Waals surface area contributed by atoms with Gasteiger partial charge in [0.15, 0.2) is 0 Å². The molecule has 0 aliphatic carbocycles. The largest absolute Gasteiger partial charge is 0.491 e. The molecule has 3 aromatic carbocycles. The Labute approximate surface area is 182 Å². The van der Waals surface area contributed by atoms with Crippen LogP contribution in [-0.4, -0.2) is 37.5 Å². The lowest BCUT2D eigenvalue weighted by atomic mass is 9.99. The van der Waals surface area contributed by atoms with Crippen LogP contribution in [0.25, 0.3) is 22.3 Å². The Hall–Kier alpha value is -3.57. The number of hydrogen-bond acceptors (Lipinski definition) is 5. The Balaban J connectivity index is 1.83. The van der Waals surface area contributed by atoms with Crippen molar-refractivity contribution in [3.05, 3.63) is 84.9 Å². The molecule has 3 aromatic rings. The molecule has 3 rings (SSSR count). The van der Waals surface area contributed by atoms with Crippen LogP contribution >= 0.6 is 0 Å². The minimum atomic E-state index is -0.430. The van der Waals surface area contributed by atoms with E-state index >= 15 is 0 Å². The molecule has 0 aliphatic rings. The molecule has 5 heteroatoms. The maximum absolute atomic E-state index is 11.6. The van der Waals surface area contributed by atoms with Crippen LogP contribution in [0.3, 0.4) is 0 Å². The predicted molar refractivity (Wildman–Crippen MR) is 121 cm³/mol. The summed E-state index contributed by atoms with van der Waals surface area (Å²) in [6.45, 7) is 5.77. The first-order chi connectivity index (χ1) is 15.1. The molecule has 0 amide bonds. The van der Waals surface area contributed by atoms with Crippen molar-refractivity contribution in [3.8, 4) is 33.8 Å². The van der Waals surface area contributed by atoms with Crippen LogP contribution in [0.5, 0.6) is 11.5 Å². The van der Waals surface area contributed by atoms with E-state index in [0.717, 1.165) is 22.3 Å². The standard InChI is InChI=1S/C26H26O5/c1-19(2)26(28)31-17-16-30-25-18-22(20-6-4-3-5-7-20)10-13-24(25)21-8-11-23(12-9-21)29-15-14-27/h3-13,18,27H,1,14-17H2,2H3. The molecule has 160 valence electrons. The summed E-state index contributed by atoms with van der Waals surface area (Å²) in [6.07, 6.45) is 0. The molecule has 0 saturated carbocycles. The summed E-state index contributed by atoms with van der Waals surface area (Å²) in [7, 11) is 0. The van der Waals surface area contributed by atoms with E-state index in [2.05, 4.69) is 12.6 Å². The highest BCUT2D eigenvalue weighted by Crippen LogP contribution is 2.35. The van der Waals surface area contributed by atoms with Gasteiger partial charge in [-0.05, 0) is 41.8 Å². The number of ether oxygens (including phenoxy) is 3. The molecule has 0 bridgehead atoms. The van der Waals surface area contributed by atoms with Crippen molar-refractivity contribution in [1.82, 2.24) is 0 Å². The molecule has 0 fully saturated rings. The average Bonchev–Trinajstić information content (AvgIpc) is 2.81. The predicted octanol–water partition coefficient (Wildman–Crippen LogP) is 4.89. The van der Waals surface area contributed by atoms with Gasteiger partial charge >= 0.3 is 5.97 Å². The summed E-state index contributed by atoms with van der Waals surface area (Å²) >= 11 is 0. The van der Waals surface area contributed by atoms with E-state index < -0.39 is 5.97 Å². The fourth-order valence-electron chi connectivity index (χ4n) is 2.99. The van der Waals surface area contributed by atoms with Crippen LogP contribution < -0.4 is 9.47 Å². The van der Waals surface area contributed by atoms with Crippen molar-refractivity contribution in [1.29, 1.82) is 0 Å². The minimum absolute atomic E-state index is 0.0311. The van der Waals surface area contributed by atoms with Crippen molar-refractivity contribution in [2.24, 2.45) is 0 Å². The molecule has 1 N–H and O–H groups in total. The second-order valence-electron chi connectivity index (χ2n) is 6.94. The van der Waals surface area contributed by atoms with Crippen LogP contribution in [0.1, 0.15) is 6.92 Å². The average molecular weight is 418 g/mol. The van der Waals surface area contributed by atoms with Gasteiger partial charge in [-0.25, -0.2) is 4.79 Å². The summed E-state index contributed by atoms with van der Waals surface area (Å²) < 4.78 is 16.6. The topological polar surface area (TPSA) is 65.0 Å². The second-order valence-corrected chi connectivity index (χ2v) is 6.94. The molecular formula is C26H26O5. The molecule has 0 saturated heterocycles. The molecule has 0 spiro atoms. The van der Waals surface area contributed by atoms with Crippen LogP contribution in [0.2, 0.25) is 0 Å². The number of aliphatic hydroxyl groups excluding tert-OH is 1. The molecule has 5 nitrogen and oxygen atoms in total. The summed E-state index contributed by atoms with van der Waals surface area (Å²) in [5, 5.41) is 8.91. The van der Waals surface area contributed by atoms with Crippen LogP contribution in [-0.2, 0) is 9.53 Å². The lowest BCUT2D eigenvalue weighted by molar-refractivity contribution is -0.139. The van der Waals surface area contributed by atoms with Crippen molar-refractivity contribution in [3.63, 3.8) is 0 Å². The maximum atomic E-state index is 11.6. The van der Waals surface area contributed by atoms with Crippen LogP contribution in [0, 0.1) is 0 Å².